The summed E-state index contributed by atoms with van der Waals surface area (Å²) < 4.78 is 0. The van der Waals surface area contributed by atoms with E-state index in [2.05, 4.69) is 29.5 Å². The highest BCUT2D eigenvalue weighted by atomic mass is 15.2. The molecule has 3 nitrogen and oxygen atoms in total. The maximum atomic E-state index is 4.22. The van der Waals surface area contributed by atoms with Crippen LogP contribution in [0, 0.1) is 11.8 Å². The molecule has 0 aromatic carbocycles. The molecule has 0 saturated heterocycles. The molecule has 0 amide bonds. The van der Waals surface area contributed by atoms with Crippen molar-refractivity contribution in [2.24, 2.45) is 16.8 Å². The van der Waals surface area contributed by atoms with E-state index >= 15 is 0 Å². The molecule has 2 N–H and O–H groups in total. The normalized spacial score (nSPS) is 25.7. The molecule has 1 fully saturated rings. The van der Waals surface area contributed by atoms with Crippen LogP contribution in [0.3, 0.4) is 0 Å². The van der Waals surface area contributed by atoms with E-state index in [1.54, 1.807) is 0 Å². The molecule has 0 spiro atoms. The molecule has 1 saturated carbocycles. The molecule has 17 heavy (non-hydrogen) atoms. The average molecular weight is 239 g/mol. The summed E-state index contributed by atoms with van der Waals surface area (Å²) in [5, 5.41) is 6.71. The maximum Gasteiger partial charge on any atom is 0.190 e. The summed E-state index contributed by atoms with van der Waals surface area (Å²) in [4.78, 5) is 4.22. The van der Waals surface area contributed by atoms with Crippen molar-refractivity contribution >= 4 is 5.96 Å². The lowest BCUT2D eigenvalue weighted by atomic mass is 9.81. The molecule has 1 aliphatic carbocycles. The monoisotopic (exact) mass is 239 g/mol. The molecule has 3 heteroatoms. The summed E-state index contributed by atoms with van der Waals surface area (Å²) in [6.45, 7) is 6.62. The van der Waals surface area contributed by atoms with E-state index in [1.807, 2.05) is 7.05 Å². The van der Waals surface area contributed by atoms with E-state index in [0.29, 0.717) is 0 Å². The van der Waals surface area contributed by atoms with Crippen molar-refractivity contribution in [3.05, 3.63) is 0 Å². The van der Waals surface area contributed by atoms with Gasteiger partial charge in [-0.1, -0.05) is 33.1 Å². The zero-order valence-electron chi connectivity index (χ0n) is 11.8. The molecule has 0 aliphatic heterocycles. The Hall–Kier alpha value is -0.730. The second-order valence-corrected chi connectivity index (χ2v) is 5.35. The third-order valence-corrected chi connectivity index (χ3v) is 3.66. The molecule has 0 bridgehead atoms. The highest BCUT2D eigenvalue weighted by Gasteiger charge is 2.18. The smallest absolute Gasteiger partial charge is 0.190 e. The van der Waals surface area contributed by atoms with Crippen molar-refractivity contribution in [2.75, 3.05) is 20.1 Å². The van der Waals surface area contributed by atoms with Gasteiger partial charge in [0.05, 0.1) is 0 Å². The summed E-state index contributed by atoms with van der Waals surface area (Å²) in [6, 6.07) is 0. The van der Waals surface area contributed by atoms with Crippen LogP contribution in [0.1, 0.15) is 52.4 Å². The first-order valence-corrected chi connectivity index (χ1v) is 7.20. The fraction of sp³-hybridized carbons (Fsp3) is 0.929. The van der Waals surface area contributed by atoms with Crippen molar-refractivity contribution < 1.29 is 0 Å². The first-order valence-electron chi connectivity index (χ1n) is 7.20. The standard InChI is InChI=1S/C14H29N3/c1-4-9-16-14(15-3)17-10-8-13-7-5-6-12(2)11-13/h12-13H,4-11H2,1-3H3,(H2,15,16,17). The van der Waals surface area contributed by atoms with Gasteiger partial charge in [-0.3, -0.25) is 4.99 Å². The van der Waals surface area contributed by atoms with Gasteiger partial charge in [-0.25, -0.2) is 0 Å². The summed E-state index contributed by atoms with van der Waals surface area (Å²) in [7, 11) is 1.84. The van der Waals surface area contributed by atoms with Gasteiger partial charge in [0.15, 0.2) is 5.96 Å². The van der Waals surface area contributed by atoms with Gasteiger partial charge in [0.1, 0.15) is 0 Å². The molecule has 0 radical (unpaired) electrons. The van der Waals surface area contributed by atoms with Gasteiger partial charge in [-0.15, -0.1) is 0 Å². The van der Waals surface area contributed by atoms with Gasteiger partial charge in [0.25, 0.3) is 0 Å². The largest absolute Gasteiger partial charge is 0.356 e. The Morgan fingerprint density at radius 1 is 1.24 bits per heavy atom. The van der Waals surface area contributed by atoms with Crippen LogP contribution >= 0.6 is 0 Å². The fourth-order valence-corrected chi connectivity index (χ4v) is 2.68. The molecule has 1 aliphatic rings. The quantitative estimate of drug-likeness (QED) is 0.572. The van der Waals surface area contributed by atoms with Crippen LogP contribution < -0.4 is 10.6 Å². The number of hydrogen-bond donors (Lipinski definition) is 2. The van der Waals surface area contributed by atoms with E-state index in [4.69, 9.17) is 0 Å². The van der Waals surface area contributed by atoms with Gasteiger partial charge in [-0.05, 0) is 31.1 Å². The third-order valence-electron chi connectivity index (χ3n) is 3.66. The van der Waals surface area contributed by atoms with Crippen LogP contribution in [-0.4, -0.2) is 26.1 Å². The van der Waals surface area contributed by atoms with E-state index in [1.165, 1.54) is 32.1 Å². The predicted molar refractivity (Wildman–Crippen MR) is 75.4 cm³/mol. The van der Waals surface area contributed by atoms with E-state index < -0.39 is 0 Å². The predicted octanol–water partition coefficient (Wildman–Crippen LogP) is 2.78. The minimum atomic E-state index is 0.926. The highest BCUT2D eigenvalue weighted by Crippen LogP contribution is 2.30. The number of nitrogens with zero attached hydrogens (tertiary/aromatic N) is 1. The van der Waals surface area contributed by atoms with E-state index in [9.17, 15) is 0 Å². The molecule has 2 atom stereocenters. The van der Waals surface area contributed by atoms with Gasteiger partial charge >= 0.3 is 0 Å². The number of hydrogen-bond acceptors (Lipinski definition) is 1. The Labute approximate surface area is 106 Å². The van der Waals surface area contributed by atoms with Gasteiger partial charge in [0.2, 0.25) is 0 Å². The number of guanidine groups is 1. The highest BCUT2D eigenvalue weighted by molar-refractivity contribution is 5.79. The van der Waals surface area contributed by atoms with Gasteiger partial charge in [0, 0.05) is 20.1 Å². The maximum absolute atomic E-state index is 4.22. The molecule has 0 aromatic heterocycles. The molecular weight excluding hydrogens is 210 g/mol. The van der Waals surface area contributed by atoms with Gasteiger partial charge in [-0.2, -0.15) is 0 Å². The first-order chi connectivity index (χ1) is 8.26. The van der Waals surface area contributed by atoms with Crippen molar-refractivity contribution in [3.63, 3.8) is 0 Å². The number of nitrogens with one attached hydrogen (secondary N) is 2. The Balaban J connectivity index is 2.13. The second kappa shape index (κ2) is 8.37. The lowest BCUT2D eigenvalue weighted by Gasteiger charge is -2.26. The molecule has 100 valence electrons. The molecular formula is C14H29N3. The number of aliphatic imine (C=N–C) groups is 1. The zero-order chi connectivity index (χ0) is 12.5. The molecule has 1 rings (SSSR count). The van der Waals surface area contributed by atoms with Crippen LogP contribution in [0.15, 0.2) is 4.99 Å². The van der Waals surface area contributed by atoms with Crippen LogP contribution in [0.4, 0.5) is 0 Å². The Kier molecular flexibility index (Phi) is 7.06. The van der Waals surface area contributed by atoms with E-state index in [-0.39, 0.29) is 0 Å². The first kappa shape index (κ1) is 14.3. The summed E-state index contributed by atoms with van der Waals surface area (Å²) in [5.74, 6) is 2.82. The van der Waals surface area contributed by atoms with Crippen LogP contribution in [0.25, 0.3) is 0 Å². The lowest BCUT2D eigenvalue weighted by Crippen LogP contribution is -2.38. The Bertz CT molecular complexity index is 226. The summed E-state index contributed by atoms with van der Waals surface area (Å²) in [6.07, 6.45) is 8.13. The van der Waals surface area contributed by atoms with Crippen molar-refractivity contribution in [2.45, 2.75) is 52.4 Å². The minimum Gasteiger partial charge on any atom is -0.356 e. The second-order valence-electron chi connectivity index (χ2n) is 5.35. The van der Waals surface area contributed by atoms with Crippen LogP contribution in [0.2, 0.25) is 0 Å². The van der Waals surface area contributed by atoms with Crippen molar-refractivity contribution in [3.8, 4) is 0 Å². The SMILES string of the molecule is CCCNC(=NC)NCCC1CCCC(C)C1. The molecule has 0 heterocycles. The average Bonchev–Trinajstić information content (AvgIpc) is 2.33. The summed E-state index contributed by atoms with van der Waals surface area (Å²) >= 11 is 0. The summed E-state index contributed by atoms with van der Waals surface area (Å²) in [5.41, 5.74) is 0. The Morgan fingerprint density at radius 2 is 2.00 bits per heavy atom. The van der Waals surface area contributed by atoms with Gasteiger partial charge < -0.3 is 10.6 Å². The topological polar surface area (TPSA) is 36.4 Å². The third kappa shape index (κ3) is 5.94. The minimum absolute atomic E-state index is 0.926. The molecule has 0 aromatic rings. The van der Waals surface area contributed by atoms with Crippen molar-refractivity contribution in [1.29, 1.82) is 0 Å². The van der Waals surface area contributed by atoms with Crippen LogP contribution in [0.5, 0.6) is 0 Å². The fourth-order valence-electron chi connectivity index (χ4n) is 2.68. The number of rotatable bonds is 5. The lowest BCUT2D eigenvalue weighted by molar-refractivity contribution is 0.270. The Morgan fingerprint density at radius 3 is 2.65 bits per heavy atom. The van der Waals surface area contributed by atoms with Crippen LogP contribution in [-0.2, 0) is 0 Å². The van der Waals surface area contributed by atoms with Crippen molar-refractivity contribution in [1.82, 2.24) is 10.6 Å². The molecule has 2 unspecified atom stereocenters. The zero-order valence-corrected chi connectivity index (χ0v) is 11.8. The van der Waals surface area contributed by atoms with E-state index in [0.717, 1.165) is 37.3 Å².